The van der Waals surface area contributed by atoms with Gasteiger partial charge in [0.15, 0.2) is 0 Å². The Kier molecular flexibility index (Phi) is 6.86. The van der Waals surface area contributed by atoms with Gasteiger partial charge < -0.3 is 10.2 Å². The van der Waals surface area contributed by atoms with Crippen LogP contribution >= 0.6 is 11.3 Å². The summed E-state index contributed by atoms with van der Waals surface area (Å²) >= 11 is 1.81. The van der Waals surface area contributed by atoms with Crippen LogP contribution in [-0.2, 0) is 11.2 Å². The second-order valence-corrected chi connectivity index (χ2v) is 7.71. The molecule has 0 aliphatic carbocycles. The molecule has 2 heterocycles. The van der Waals surface area contributed by atoms with E-state index in [1.54, 1.807) is 0 Å². The Hall–Kier alpha value is -0.910. The van der Waals surface area contributed by atoms with Crippen LogP contribution in [-0.4, -0.2) is 61.5 Å². The fraction of sp³-hybridized carbons (Fsp3) is 0.706. The van der Waals surface area contributed by atoms with Crippen LogP contribution in [0.3, 0.4) is 0 Å². The van der Waals surface area contributed by atoms with Crippen LogP contribution in [0.5, 0.6) is 0 Å². The summed E-state index contributed by atoms with van der Waals surface area (Å²) in [6.45, 7) is 9.63. The fourth-order valence-electron chi connectivity index (χ4n) is 2.82. The summed E-state index contributed by atoms with van der Waals surface area (Å²) in [5.74, 6) is 0.189. The standard InChI is InChI=1S/C17H29N3OS/c1-14(20-12-10-19(3)11-13-20)4-7-17(21)18-9-8-16-6-5-15(2)22-16/h5-6,14H,4,7-13H2,1-3H3,(H,18,21). The van der Waals surface area contributed by atoms with Crippen LogP contribution in [0.1, 0.15) is 29.5 Å². The maximum Gasteiger partial charge on any atom is 0.220 e. The van der Waals surface area contributed by atoms with Gasteiger partial charge in [-0.15, -0.1) is 11.3 Å². The fourth-order valence-corrected chi connectivity index (χ4v) is 3.71. The summed E-state index contributed by atoms with van der Waals surface area (Å²) in [6, 6.07) is 4.79. The number of likely N-dealkylation sites (N-methyl/N-ethyl adjacent to an activating group) is 1. The van der Waals surface area contributed by atoms with Gasteiger partial charge in [0.2, 0.25) is 5.91 Å². The Morgan fingerprint density at radius 2 is 2.05 bits per heavy atom. The maximum absolute atomic E-state index is 11.9. The summed E-state index contributed by atoms with van der Waals surface area (Å²) in [5, 5.41) is 3.05. The molecule has 1 aromatic rings. The number of aryl methyl sites for hydroxylation is 1. The molecule has 1 saturated heterocycles. The zero-order valence-electron chi connectivity index (χ0n) is 14.1. The monoisotopic (exact) mass is 323 g/mol. The van der Waals surface area contributed by atoms with Gasteiger partial charge in [0.25, 0.3) is 0 Å². The van der Waals surface area contributed by atoms with E-state index in [9.17, 15) is 4.79 Å². The zero-order valence-corrected chi connectivity index (χ0v) is 14.9. The minimum absolute atomic E-state index is 0.189. The molecule has 0 spiro atoms. The van der Waals surface area contributed by atoms with Crippen LogP contribution in [0, 0.1) is 6.92 Å². The van der Waals surface area contributed by atoms with Crippen molar-refractivity contribution >= 4 is 17.2 Å². The zero-order chi connectivity index (χ0) is 15.9. The predicted molar refractivity (Wildman–Crippen MR) is 93.5 cm³/mol. The third-order valence-corrected chi connectivity index (χ3v) is 5.50. The summed E-state index contributed by atoms with van der Waals surface area (Å²) in [6.07, 6.45) is 2.53. The molecular formula is C17H29N3OS. The first-order valence-corrected chi connectivity index (χ1v) is 9.11. The summed E-state index contributed by atoms with van der Waals surface area (Å²) < 4.78 is 0. The molecule has 0 aromatic carbocycles. The first-order valence-electron chi connectivity index (χ1n) is 8.29. The maximum atomic E-state index is 11.9. The van der Waals surface area contributed by atoms with Gasteiger partial charge >= 0.3 is 0 Å². The van der Waals surface area contributed by atoms with Gasteiger partial charge in [-0.05, 0) is 45.9 Å². The van der Waals surface area contributed by atoms with Crippen molar-refractivity contribution in [3.05, 3.63) is 21.9 Å². The molecular weight excluding hydrogens is 294 g/mol. The Morgan fingerprint density at radius 1 is 1.32 bits per heavy atom. The van der Waals surface area contributed by atoms with Crippen LogP contribution < -0.4 is 5.32 Å². The lowest BCUT2D eigenvalue weighted by atomic mass is 10.1. The minimum atomic E-state index is 0.189. The third kappa shape index (κ3) is 5.71. The van der Waals surface area contributed by atoms with E-state index >= 15 is 0 Å². The number of amides is 1. The van der Waals surface area contributed by atoms with Crippen molar-refractivity contribution in [2.75, 3.05) is 39.8 Å². The van der Waals surface area contributed by atoms with Gasteiger partial charge in [0, 0.05) is 54.9 Å². The molecule has 1 unspecified atom stereocenters. The molecule has 1 fully saturated rings. The molecule has 4 nitrogen and oxygen atoms in total. The second kappa shape index (κ2) is 8.65. The normalized spacial score (nSPS) is 18.3. The van der Waals surface area contributed by atoms with Gasteiger partial charge in [-0.3, -0.25) is 9.69 Å². The van der Waals surface area contributed by atoms with Gasteiger partial charge in [-0.2, -0.15) is 0 Å². The van der Waals surface area contributed by atoms with E-state index in [2.05, 4.69) is 48.1 Å². The first kappa shape index (κ1) is 17.4. The van der Waals surface area contributed by atoms with Crippen molar-refractivity contribution in [1.29, 1.82) is 0 Å². The van der Waals surface area contributed by atoms with E-state index in [0.717, 1.165) is 45.6 Å². The number of piperazine rings is 1. The lowest BCUT2D eigenvalue weighted by Gasteiger charge is -2.36. The molecule has 0 bridgehead atoms. The van der Waals surface area contributed by atoms with Crippen LogP contribution in [0.2, 0.25) is 0 Å². The molecule has 124 valence electrons. The van der Waals surface area contributed by atoms with Crippen molar-refractivity contribution in [3.8, 4) is 0 Å². The Labute approximate surface area is 138 Å². The van der Waals surface area contributed by atoms with Gasteiger partial charge in [0.1, 0.15) is 0 Å². The molecule has 22 heavy (non-hydrogen) atoms. The molecule has 1 aliphatic rings. The lowest BCUT2D eigenvalue weighted by molar-refractivity contribution is -0.121. The number of hydrogen-bond acceptors (Lipinski definition) is 4. The summed E-state index contributed by atoms with van der Waals surface area (Å²) in [7, 11) is 2.17. The van der Waals surface area contributed by atoms with Crippen molar-refractivity contribution in [1.82, 2.24) is 15.1 Å². The molecule has 0 saturated carbocycles. The molecule has 5 heteroatoms. The molecule has 1 amide bonds. The summed E-state index contributed by atoms with van der Waals surface area (Å²) in [4.78, 5) is 19.5. The second-order valence-electron chi connectivity index (χ2n) is 6.34. The van der Waals surface area contributed by atoms with Crippen molar-refractivity contribution in [3.63, 3.8) is 0 Å². The minimum Gasteiger partial charge on any atom is -0.356 e. The average Bonchev–Trinajstić information content (AvgIpc) is 2.91. The molecule has 2 rings (SSSR count). The van der Waals surface area contributed by atoms with E-state index in [1.165, 1.54) is 9.75 Å². The highest BCUT2D eigenvalue weighted by Gasteiger charge is 2.19. The number of nitrogens with one attached hydrogen (secondary N) is 1. The average molecular weight is 324 g/mol. The molecule has 1 aromatic heterocycles. The highest BCUT2D eigenvalue weighted by Crippen LogP contribution is 2.15. The number of nitrogens with zero attached hydrogens (tertiary/aromatic N) is 2. The number of thiophene rings is 1. The topological polar surface area (TPSA) is 35.6 Å². The predicted octanol–water partition coefficient (Wildman–Crippen LogP) is 2.13. The van der Waals surface area contributed by atoms with Crippen molar-refractivity contribution in [2.24, 2.45) is 0 Å². The largest absolute Gasteiger partial charge is 0.356 e. The van der Waals surface area contributed by atoms with Gasteiger partial charge in [0.05, 0.1) is 0 Å². The van der Waals surface area contributed by atoms with E-state index in [4.69, 9.17) is 0 Å². The highest BCUT2D eigenvalue weighted by atomic mass is 32.1. The van der Waals surface area contributed by atoms with E-state index in [0.29, 0.717) is 12.5 Å². The van der Waals surface area contributed by atoms with Gasteiger partial charge in [-0.1, -0.05) is 0 Å². The SMILES string of the molecule is Cc1ccc(CCNC(=O)CCC(C)N2CCN(C)CC2)s1. The Morgan fingerprint density at radius 3 is 2.68 bits per heavy atom. The molecule has 1 atom stereocenters. The number of carbonyl (C=O) groups excluding carboxylic acids is 1. The molecule has 0 radical (unpaired) electrons. The molecule has 1 aliphatic heterocycles. The Bertz CT molecular complexity index is 466. The van der Waals surface area contributed by atoms with Crippen LogP contribution in [0.25, 0.3) is 0 Å². The first-order chi connectivity index (χ1) is 10.5. The van der Waals surface area contributed by atoms with Crippen molar-refractivity contribution < 1.29 is 4.79 Å². The van der Waals surface area contributed by atoms with Crippen LogP contribution in [0.15, 0.2) is 12.1 Å². The number of hydrogen-bond donors (Lipinski definition) is 1. The van der Waals surface area contributed by atoms with Gasteiger partial charge in [-0.25, -0.2) is 0 Å². The Balaban J connectivity index is 1.58. The number of carbonyl (C=O) groups is 1. The van der Waals surface area contributed by atoms with Crippen molar-refractivity contribution in [2.45, 2.75) is 39.2 Å². The highest BCUT2D eigenvalue weighted by molar-refractivity contribution is 7.11. The quantitative estimate of drug-likeness (QED) is 0.835. The van der Waals surface area contributed by atoms with E-state index in [-0.39, 0.29) is 5.91 Å². The van der Waals surface area contributed by atoms with E-state index < -0.39 is 0 Å². The van der Waals surface area contributed by atoms with Crippen LogP contribution in [0.4, 0.5) is 0 Å². The molecule has 1 N–H and O–H groups in total. The third-order valence-electron chi connectivity index (χ3n) is 4.44. The van der Waals surface area contributed by atoms with E-state index in [1.807, 2.05) is 11.3 Å². The smallest absolute Gasteiger partial charge is 0.220 e. The lowest BCUT2D eigenvalue weighted by Crippen LogP contribution is -2.48. The number of rotatable bonds is 7. The summed E-state index contributed by atoms with van der Waals surface area (Å²) in [5.41, 5.74) is 0.